The summed E-state index contributed by atoms with van der Waals surface area (Å²) < 4.78 is 0. The van der Waals surface area contributed by atoms with Crippen LogP contribution >= 0.6 is 0 Å². The van der Waals surface area contributed by atoms with Gasteiger partial charge in [-0.1, -0.05) is 12.7 Å². The van der Waals surface area contributed by atoms with Gasteiger partial charge in [-0.15, -0.1) is 0 Å². The minimum Gasteiger partial charge on any atom is -0.251 e. The summed E-state index contributed by atoms with van der Waals surface area (Å²) in [6.45, 7) is 10.7. The highest BCUT2D eigenvalue weighted by Gasteiger charge is 1.93. The molecule has 0 bridgehead atoms. The van der Waals surface area contributed by atoms with Gasteiger partial charge in [-0.2, -0.15) is 5.10 Å². The highest BCUT2D eigenvalue weighted by atomic mass is 15.4. The minimum atomic E-state index is 1.000. The van der Waals surface area contributed by atoms with Crippen molar-refractivity contribution in [3.05, 3.63) is 24.6 Å². The largest absolute Gasteiger partial charge is 0.251 e. The Morgan fingerprint density at radius 2 is 2.18 bits per heavy atom. The van der Waals surface area contributed by atoms with Gasteiger partial charge >= 0.3 is 0 Å². The summed E-state index contributed by atoms with van der Waals surface area (Å²) in [6, 6.07) is 0. The molecule has 3 heteroatoms. The summed E-state index contributed by atoms with van der Waals surface area (Å²) in [5, 5.41) is 5.54. The van der Waals surface area contributed by atoms with Crippen LogP contribution in [0.5, 0.6) is 0 Å². The van der Waals surface area contributed by atoms with Crippen LogP contribution in [0.15, 0.2) is 34.6 Å². The van der Waals surface area contributed by atoms with Gasteiger partial charge in [-0.25, -0.2) is 5.01 Å². The quantitative estimate of drug-likeness (QED) is 0.343. The first-order valence-electron chi connectivity index (χ1n) is 3.29. The van der Waals surface area contributed by atoms with Gasteiger partial charge in [0.25, 0.3) is 0 Å². The highest BCUT2D eigenvalue weighted by molar-refractivity contribution is 5.61. The second kappa shape index (κ2) is 5.41. The van der Waals surface area contributed by atoms with Gasteiger partial charge in [0.15, 0.2) is 0 Å². The van der Waals surface area contributed by atoms with Crippen molar-refractivity contribution in [1.82, 2.24) is 5.01 Å². The van der Waals surface area contributed by atoms with E-state index in [2.05, 4.69) is 23.4 Å². The van der Waals surface area contributed by atoms with E-state index in [0.717, 1.165) is 5.70 Å². The Balaban J connectivity index is 4.28. The molecular weight excluding hydrogens is 138 g/mol. The van der Waals surface area contributed by atoms with E-state index in [0.29, 0.717) is 0 Å². The summed E-state index contributed by atoms with van der Waals surface area (Å²) >= 11 is 0. The molecule has 0 saturated heterocycles. The summed E-state index contributed by atoms with van der Waals surface area (Å²) in [7, 11) is 0. The lowest BCUT2D eigenvalue weighted by atomic mass is 10.4. The zero-order valence-corrected chi connectivity index (χ0v) is 6.99. The second-order valence-electron chi connectivity index (χ2n) is 1.87. The van der Waals surface area contributed by atoms with Crippen molar-refractivity contribution in [3.63, 3.8) is 0 Å². The SMILES string of the molecule is C=CN(/N=C\N=C)/C(C)=C\C. The van der Waals surface area contributed by atoms with Gasteiger partial charge in [0.05, 0.1) is 0 Å². The van der Waals surface area contributed by atoms with E-state index >= 15 is 0 Å². The van der Waals surface area contributed by atoms with E-state index < -0.39 is 0 Å². The van der Waals surface area contributed by atoms with Crippen molar-refractivity contribution in [1.29, 1.82) is 0 Å². The Labute approximate surface area is 67.4 Å². The van der Waals surface area contributed by atoms with Gasteiger partial charge in [-0.05, 0) is 20.6 Å². The molecule has 11 heavy (non-hydrogen) atoms. The molecular formula is C8H13N3. The Kier molecular flexibility index (Phi) is 4.73. The normalized spacial score (nSPS) is 11.6. The second-order valence-corrected chi connectivity index (χ2v) is 1.87. The Bertz CT molecular complexity index is 192. The van der Waals surface area contributed by atoms with Gasteiger partial charge in [0.2, 0.25) is 0 Å². The number of rotatable bonds is 4. The van der Waals surface area contributed by atoms with E-state index in [-0.39, 0.29) is 0 Å². The van der Waals surface area contributed by atoms with Crippen molar-refractivity contribution >= 4 is 13.1 Å². The van der Waals surface area contributed by atoms with E-state index in [1.807, 2.05) is 19.9 Å². The molecule has 0 atom stereocenters. The summed E-state index contributed by atoms with van der Waals surface area (Å²) in [5.41, 5.74) is 1.000. The van der Waals surface area contributed by atoms with Crippen molar-refractivity contribution in [2.45, 2.75) is 13.8 Å². The lowest BCUT2D eigenvalue weighted by Crippen LogP contribution is -2.05. The molecule has 0 saturated carbocycles. The molecule has 0 radical (unpaired) electrons. The fraction of sp³-hybridized carbons (Fsp3) is 0.250. The number of hydrogen-bond acceptors (Lipinski definition) is 2. The van der Waals surface area contributed by atoms with E-state index in [9.17, 15) is 0 Å². The molecule has 60 valence electrons. The van der Waals surface area contributed by atoms with Crippen LogP contribution in [-0.2, 0) is 0 Å². The number of allylic oxidation sites excluding steroid dienone is 2. The van der Waals surface area contributed by atoms with Gasteiger partial charge < -0.3 is 0 Å². The molecule has 0 unspecified atom stereocenters. The monoisotopic (exact) mass is 151 g/mol. The summed E-state index contributed by atoms with van der Waals surface area (Å²) in [6.07, 6.45) is 4.91. The number of hydrogen-bond donors (Lipinski definition) is 0. The minimum absolute atomic E-state index is 1.000. The molecule has 0 aromatic heterocycles. The molecule has 0 rings (SSSR count). The molecule has 0 spiro atoms. The fourth-order valence-corrected chi connectivity index (χ4v) is 0.507. The maximum Gasteiger partial charge on any atom is 0.135 e. The van der Waals surface area contributed by atoms with Gasteiger partial charge in [0.1, 0.15) is 6.34 Å². The number of aliphatic imine (C=N–C) groups is 1. The molecule has 0 aliphatic heterocycles. The Morgan fingerprint density at radius 1 is 1.55 bits per heavy atom. The van der Waals surface area contributed by atoms with E-state index in [1.54, 1.807) is 11.2 Å². The molecule has 0 amide bonds. The predicted octanol–water partition coefficient (Wildman–Crippen LogP) is 2.00. The van der Waals surface area contributed by atoms with Crippen LogP contribution in [0.1, 0.15) is 13.8 Å². The van der Waals surface area contributed by atoms with Crippen molar-refractivity contribution in [2.24, 2.45) is 10.1 Å². The number of nitrogens with zero attached hydrogens (tertiary/aromatic N) is 3. The Morgan fingerprint density at radius 3 is 2.55 bits per heavy atom. The number of hydrazone groups is 1. The molecule has 0 heterocycles. The van der Waals surface area contributed by atoms with Crippen molar-refractivity contribution < 1.29 is 0 Å². The van der Waals surface area contributed by atoms with Crippen LogP contribution in [-0.4, -0.2) is 18.1 Å². The van der Waals surface area contributed by atoms with Crippen LogP contribution in [0.2, 0.25) is 0 Å². The average molecular weight is 151 g/mol. The van der Waals surface area contributed by atoms with Crippen LogP contribution in [0, 0.1) is 0 Å². The third-order valence-electron chi connectivity index (χ3n) is 1.21. The Hall–Kier alpha value is -1.38. The fourth-order valence-electron chi connectivity index (χ4n) is 0.507. The lowest BCUT2D eigenvalue weighted by molar-refractivity contribution is 0.501. The van der Waals surface area contributed by atoms with Gasteiger partial charge in [0, 0.05) is 11.9 Å². The van der Waals surface area contributed by atoms with Crippen LogP contribution in [0.3, 0.4) is 0 Å². The molecule has 3 nitrogen and oxygen atoms in total. The van der Waals surface area contributed by atoms with Gasteiger partial charge in [-0.3, -0.25) is 4.99 Å². The van der Waals surface area contributed by atoms with Crippen LogP contribution in [0.25, 0.3) is 0 Å². The predicted molar refractivity (Wildman–Crippen MR) is 49.5 cm³/mol. The van der Waals surface area contributed by atoms with E-state index in [4.69, 9.17) is 0 Å². The summed E-state index contributed by atoms with van der Waals surface area (Å²) in [5.74, 6) is 0. The lowest BCUT2D eigenvalue weighted by Gasteiger charge is -2.12. The first-order chi connectivity index (χ1) is 5.26. The van der Waals surface area contributed by atoms with E-state index in [1.165, 1.54) is 6.34 Å². The first kappa shape index (κ1) is 9.62. The standard InChI is InChI=1S/C8H13N3/c1-5-8(3)11(6-2)10-7-9-4/h5-7H,2,4H2,1,3H3/b8-5-,10-7-. The first-order valence-corrected chi connectivity index (χ1v) is 3.29. The van der Waals surface area contributed by atoms with Crippen molar-refractivity contribution in [3.8, 4) is 0 Å². The zero-order chi connectivity index (χ0) is 8.69. The van der Waals surface area contributed by atoms with Crippen LogP contribution in [0.4, 0.5) is 0 Å². The molecule has 0 fully saturated rings. The molecule has 0 N–H and O–H groups in total. The third kappa shape index (κ3) is 3.35. The zero-order valence-electron chi connectivity index (χ0n) is 6.99. The molecule has 0 aliphatic rings. The molecule has 0 aromatic carbocycles. The molecule has 0 aromatic rings. The van der Waals surface area contributed by atoms with Crippen LogP contribution < -0.4 is 0 Å². The maximum absolute atomic E-state index is 3.92. The average Bonchev–Trinajstić information content (AvgIpc) is 2.05. The molecule has 0 aliphatic carbocycles. The maximum atomic E-state index is 3.92. The van der Waals surface area contributed by atoms with Crippen molar-refractivity contribution in [2.75, 3.05) is 0 Å². The summed E-state index contributed by atoms with van der Waals surface area (Å²) in [4.78, 5) is 3.48. The highest BCUT2D eigenvalue weighted by Crippen LogP contribution is 2.02. The third-order valence-corrected chi connectivity index (χ3v) is 1.21. The smallest absolute Gasteiger partial charge is 0.135 e. The topological polar surface area (TPSA) is 28.0 Å².